The summed E-state index contributed by atoms with van der Waals surface area (Å²) in [5.41, 5.74) is 1.31. The summed E-state index contributed by atoms with van der Waals surface area (Å²) in [6.45, 7) is 1.84. The largest absolute Gasteiger partial charge is 0.497 e. The van der Waals surface area contributed by atoms with Gasteiger partial charge >= 0.3 is 0 Å². The summed E-state index contributed by atoms with van der Waals surface area (Å²) in [5, 5.41) is 2.86. The molecule has 0 saturated heterocycles. The maximum Gasteiger partial charge on any atom is 0.244 e. The molecule has 1 atom stereocenters. The van der Waals surface area contributed by atoms with Crippen LogP contribution in [0.4, 0.5) is 4.39 Å². The molecule has 1 aromatic heterocycles. The van der Waals surface area contributed by atoms with Crippen LogP contribution in [-0.2, 0) is 4.79 Å². The molecule has 1 unspecified atom stereocenters. The lowest BCUT2D eigenvalue weighted by Gasteiger charge is -2.17. The summed E-state index contributed by atoms with van der Waals surface area (Å²) in [5.74, 6) is 0.953. The number of methoxy groups -OCH3 is 2. The van der Waals surface area contributed by atoms with Gasteiger partial charge in [-0.3, -0.25) is 9.78 Å². The molecule has 0 saturated carbocycles. The first kappa shape index (κ1) is 21.8. The summed E-state index contributed by atoms with van der Waals surface area (Å²) in [6.07, 6.45) is 5.98. The van der Waals surface area contributed by atoms with Crippen LogP contribution in [0.25, 0.3) is 6.08 Å². The highest BCUT2D eigenvalue weighted by atomic mass is 19.1. The first-order chi connectivity index (χ1) is 15.0. The lowest BCUT2D eigenvalue weighted by atomic mass is 10.1. The summed E-state index contributed by atoms with van der Waals surface area (Å²) < 4.78 is 30.4. The van der Waals surface area contributed by atoms with E-state index < -0.39 is 5.82 Å². The van der Waals surface area contributed by atoms with Crippen molar-refractivity contribution in [2.24, 2.45) is 0 Å². The zero-order valence-corrected chi connectivity index (χ0v) is 17.5. The van der Waals surface area contributed by atoms with Crippen LogP contribution in [0.3, 0.4) is 0 Å². The fraction of sp³-hybridized carbons (Fsp3) is 0.167. The van der Waals surface area contributed by atoms with E-state index in [-0.39, 0.29) is 17.7 Å². The summed E-state index contributed by atoms with van der Waals surface area (Å²) in [7, 11) is 3.14. The van der Waals surface area contributed by atoms with E-state index in [4.69, 9.17) is 14.2 Å². The number of hydrogen-bond donors (Lipinski definition) is 1. The average Bonchev–Trinajstić information content (AvgIpc) is 2.79. The van der Waals surface area contributed by atoms with Gasteiger partial charge in [-0.05, 0) is 61.0 Å². The van der Waals surface area contributed by atoms with E-state index in [9.17, 15) is 9.18 Å². The Morgan fingerprint density at radius 3 is 2.55 bits per heavy atom. The van der Waals surface area contributed by atoms with Crippen molar-refractivity contribution in [1.29, 1.82) is 0 Å². The topological polar surface area (TPSA) is 69.7 Å². The van der Waals surface area contributed by atoms with E-state index in [1.54, 1.807) is 50.7 Å². The quantitative estimate of drug-likeness (QED) is 0.522. The normalized spacial score (nSPS) is 11.7. The molecule has 0 radical (unpaired) electrons. The summed E-state index contributed by atoms with van der Waals surface area (Å²) >= 11 is 0. The monoisotopic (exact) mass is 422 g/mol. The highest BCUT2D eigenvalue weighted by Gasteiger charge is 2.14. The Kier molecular flexibility index (Phi) is 7.22. The van der Waals surface area contributed by atoms with Crippen molar-refractivity contribution in [3.63, 3.8) is 0 Å². The van der Waals surface area contributed by atoms with Gasteiger partial charge in [0.2, 0.25) is 5.91 Å². The molecule has 6 nitrogen and oxygen atoms in total. The van der Waals surface area contributed by atoms with E-state index in [1.807, 2.05) is 13.0 Å². The van der Waals surface area contributed by atoms with Gasteiger partial charge in [0.15, 0.2) is 11.6 Å². The zero-order chi connectivity index (χ0) is 22.2. The molecule has 1 heterocycles. The van der Waals surface area contributed by atoms with Crippen LogP contribution in [-0.4, -0.2) is 25.1 Å². The number of nitrogens with zero attached hydrogens (tertiary/aromatic N) is 1. The number of benzene rings is 2. The number of halogens is 1. The van der Waals surface area contributed by atoms with Crippen LogP contribution in [0.15, 0.2) is 67.0 Å². The Morgan fingerprint density at radius 1 is 1.06 bits per heavy atom. The van der Waals surface area contributed by atoms with Gasteiger partial charge in [-0.15, -0.1) is 0 Å². The van der Waals surface area contributed by atoms with Crippen LogP contribution in [0.5, 0.6) is 23.0 Å². The predicted octanol–water partition coefficient (Wildman–Crippen LogP) is 4.92. The van der Waals surface area contributed by atoms with Crippen molar-refractivity contribution in [2.75, 3.05) is 14.2 Å². The molecule has 1 N–H and O–H groups in total. The van der Waals surface area contributed by atoms with Crippen molar-refractivity contribution in [3.05, 3.63) is 83.9 Å². The molecular weight excluding hydrogens is 399 g/mol. The number of rotatable bonds is 8. The van der Waals surface area contributed by atoms with Crippen LogP contribution in [0.2, 0.25) is 0 Å². The van der Waals surface area contributed by atoms with Crippen LogP contribution < -0.4 is 19.5 Å². The third-order valence-corrected chi connectivity index (χ3v) is 4.51. The number of carbonyl (C=O) groups excluding carboxylic acids is 1. The van der Waals surface area contributed by atoms with E-state index in [1.165, 1.54) is 30.5 Å². The van der Waals surface area contributed by atoms with Gasteiger partial charge in [-0.25, -0.2) is 4.39 Å². The lowest BCUT2D eigenvalue weighted by Crippen LogP contribution is -2.25. The third-order valence-electron chi connectivity index (χ3n) is 4.51. The highest BCUT2D eigenvalue weighted by molar-refractivity contribution is 5.92. The minimum Gasteiger partial charge on any atom is -0.497 e. The van der Waals surface area contributed by atoms with Crippen molar-refractivity contribution < 1.29 is 23.4 Å². The molecule has 0 aliphatic heterocycles. The number of nitrogens with one attached hydrogen (secondary N) is 1. The molecule has 3 rings (SSSR count). The highest BCUT2D eigenvalue weighted by Crippen LogP contribution is 2.29. The Labute approximate surface area is 180 Å². The number of aromatic nitrogens is 1. The maximum absolute atomic E-state index is 14.3. The molecule has 1 amide bonds. The Bertz CT molecular complexity index is 1070. The molecule has 7 heteroatoms. The molecule has 0 spiro atoms. The molecule has 0 aliphatic carbocycles. The van der Waals surface area contributed by atoms with Crippen molar-refractivity contribution in [3.8, 4) is 23.0 Å². The Morgan fingerprint density at radius 2 is 1.87 bits per heavy atom. The van der Waals surface area contributed by atoms with Gasteiger partial charge in [0.05, 0.1) is 26.5 Å². The Balaban J connectivity index is 1.65. The molecule has 0 bridgehead atoms. The summed E-state index contributed by atoms with van der Waals surface area (Å²) in [6, 6.07) is 12.9. The first-order valence-electron chi connectivity index (χ1n) is 9.58. The molecule has 3 aromatic rings. The minimum atomic E-state index is -0.541. The molecule has 2 aromatic carbocycles. The fourth-order valence-corrected chi connectivity index (χ4v) is 2.93. The van der Waals surface area contributed by atoms with Gasteiger partial charge in [-0.1, -0.05) is 6.07 Å². The fourth-order valence-electron chi connectivity index (χ4n) is 2.93. The van der Waals surface area contributed by atoms with Crippen molar-refractivity contribution >= 4 is 12.0 Å². The molecule has 0 fully saturated rings. The maximum atomic E-state index is 14.3. The summed E-state index contributed by atoms with van der Waals surface area (Å²) in [4.78, 5) is 16.3. The number of carbonyl (C=O) groups is 1. The first-order valence-corrected chi connectivity index (χ1v) is 9.58. The smallest absolute Gasteiger partial charge is 0.244 e. The molecule has 160 valence electrons. The molecular formula is C24H23FN2O4. The number of pyridine rings is 1. The third kappa shape index (κ3) is 5.82. The average molecular weight is 422 g/mol. The van der Waals surface area contributed by atoms with Crippen LogP contribution in [0.1, 0.15) is 24.1 Å². The van der Waals surface area contributed by atoms with Gasteiger partial charge in [0.1, 0.15) is 17.2 Å². The van der Waals surface area contributed by atoms with Crippen molar-refractivity contribution in [1.82, 2.24) is 10.3 Å². The van der Waals surface area contributed by atoms with Gasteiger partial charge < -0.3 is 19.5 Å². The van der Waals surface area contributed by atoms with Gasteiger partial charge in [0, 0.05) is 17.8 Å². The molecule has 0 aliphatic rings. The minimum absolute atomic E-state index is 0.0772. The second-order valence-corrected chi connectivity index (χ2v) is 6.65. The van der Waals surface area contributed by atoms with Gasteiger partial charge in [0.25, 0.3) is 0 Å². The number of hydrogen-bond acceptors (Lipinski definition) is 5. The molecule has 31 heavy (non-hydrogen) atoms. The standard InChI is InChI=1S/C24H23FN2O4/c1-16(20-14-18(29-2)8-10-22(20)30-3)27-24(28)11-7-17-6-9-23(21(25)13-17)31-19-5-4-12-26-15-19/h4-16H,1-3H3,(H,27,28)/b11-7+. The second kappa shape index (κ2) is 10.2. The zero-order valence-electron chi connectivity index (χ0n) is 17.5. The SMILES string of the molecule is COc1ccc(OC)c(C(C)NC(=O)/C=C/c2ccc(Oc3cccnc3)c(F)c2)c1. The van der Waals surface area contributed by atoms with Crippen LogP contribution in [0, 0.1) is 5.82 Å². The van der Waals surface area contributed by atoms with E-state index >= 15 is 0 Å². The van der Waals surface area contributed by atoms with E-state index in [0.717, 1.165) is 5.56 Å². The van der Waals surface area contributed by atoms with Gasteiger partial charge in [-0.2, -0.15) is 0 Å². The second-order valence-electron chi connectivity index (χ2n) is 6.65. The Hall–Kier alpha value is -3.87. The lowest BCUT2D eigenvalue weighted by molar-refractivity contribution is -0.117. The van der Waals surface area contributed by atoms with Crippen molar-refractivity contribution in [2.45, 2.75) is 13.0 Å². The predicted molar refractivity (Wildman–Crippen MR) is 116 cm³/mol. The van der Waals surface area contributed by atoms with E-state index in [0.29, 0.717) is 22.8 Å². The van der Waals surface area contributed by atoms with Crippen LogP contribution >= 0.6 is 0 Å². The van der Waals surface area contributed by atoms with E-state index in [2.05, 4.69) is 10.3 Å². The number of ether oxygens (including phenoxy) is 3. The number of amides is 1.